The molecular formula is C33H44N8O2S. The molecule has 1 spiro atoms. The van der Waals surface area contributed by atoms with E-state index in [1.54, 1.807) is 11.3 Å². The lowest BCUT2D eigenvalue weighted by Crippen LogP contribution is -2.46. The summed E-state index contributed by atoms with van der Waals surface area (Å²) in [4.78, 5) is 18.7. The number of nitrogens with zero attached hydrogens (tertiary/aromatic N) is 7. The molecule has 3 N–H and O–H groups in total. The summed E-state index contributed by atoms with van der Waals surface area (Å²) in [6, 6.07) is 3.20. The maximum Gasteiger partial charge on any atom is 0.186 e. The Labute approximate surface area is 263 Å². The zero-order valence-corrected chi connectivity index (χ0v) is 27.4. The lowest BCUT2D eigenvalue weighted by Gasteiger charge is -2.39. The Kier molecular flexibility index (Phi) is 7.18. The van der Waals surface area contributed by atoms with Crippen LogP contribution in [0, 0.1) is 11.3 Å². The predicted octanol–water partition coefficient (Wildman–Crippen LogP) is 4.66. The highest BCUT2D eigenvalue weighted by Crippen LogP contribution is 2.55. The van der Waals surface area contributed by atoms with E-state index in [4.69, 9.17) is 25.4 Å². The minimum atomic E-state index is -0.885. The first-order valence-corrected chi connectivity index (χ1v) is 17.0. The van der Waals surface area contributed by atoms with Gasteiger partial charge in [-0.25, -0.2) is 9.97 Å². The van der Waals surface area contributed by atoms with E-state index >= 15 is 0 Å². The Morgan fingerprint density at radius 1 is 1.18 bits per heavy atom. The van der Waals surface area contributed by atoms with Gasteiger partial charge in [-0.15, -0.1) is 11.3 Å². The van der Waals surface area contributed by atoms with Crippen LogP contribution in [0.3, 0.4) is 0 Å². The van der Waals surface area contributed by atoms with E-state index in [1.807, 2.05) is 20.9 Å². The number of fused-ring (bicyclic) bond motifs is 5. The van der Waals surface area contributed by atoms with Gasteiger partial charge in [-0.1, -0.05) is 5.16 Å². The summed E-state index contributed by atoms with van der Waals surface area (Å²) >= 11 is 1.56. The molecule has 1 saturated heterocycles. The van der Waals surface area contributed by atoms with Crippen LogP contribution in [0.15, 0.2) is 4.52 Å². The molecule has 3 atom stereocenters. The normalized spacial score (nSPS) is 23.8. The van der Waals surface area contributed by atoms with Crippen molar-refractivity contribution >= 4 is 28.0 Å². The molecule has 10 nitrogen and oxygen atoms in total. The Balaban J connectivity index is 1.36. The summed E-state index contributed by atoms with van der Waals surface area (Å²) < 4.78 is 6.32. The van der Waals surface area contributed by atoms with Gasteiger partial charge in [0.25, 0.3) is 0 Å². The molecule has 0 bridgehead atoms. The summed E-state index contributed by atoms with van der Waals surface area (Å²) in [6.45, 7) is 8.44. The number of nitrogen functional groups attached to an aromatic ring is 1. The van der Waals surface area contributed by atoms with Gasteiger partial charge >= 0.3 is 0 Å². The molecule has 5 heterocycles. The third-order valence-corrected chi connectivity index (χ3v) is 11.6. The molecule has 0 amide bonds. The molecule has 3 aromatic heterocycles. The SMILES string of the molecule is CC([C@@H]1CCCN1C)N1CCc2c(N(C)CC(C)(C)O)nc(-c3noc4c3CCC[C@@]43CCCc4sc(N)c(C#N)c43)nc21. The van der Waals surface area contributed by atoms with Gasteiger partial charge in [-0.3, -0.25) is 0 Å². The molecule has 0 radical (unpaired) electrons. The van der Waals surface area contributed by atoms with E-state index < -0.39 is 11.0 Å². The first-order chi connectivity index (χ1) is 21.0. The van der Waals surface area contributed by atoms with Gasteiger partial charge in [0, 0.05) is 48.2 Å². The average molecular weight is 617 g/mol. The maximum absolute atomic E-state index is 10.7. The van der Waals surface area contributed by atoms with Crippen molar-refractivity contribution in [2.45, 2.75) is 102 Å². The maximum atomic E-state index is 10.7. The molecule has 4 aliphatic rings. The van der Waals surface area contributed by atoms with E-state index in [2.05, 4.69) is 34.7 Å². The average Bonchev–Trinajstić information content (AvgIpc) is 3.76. The number of hydrogen-bond acceptors (Lipinski definition) is 11. The molecule has 2 aliphatic carbocycles. The van der Waals surface area contributed by atoms with Gasteiger partial charge in [-0.2, -0.15) is 5.26 Å². The first-order valence-electron chi connectivity index (χ1n) is 16.1. The topological polar surface area (TPSA) is 132 Å². The lowest BCUT2D eigenvalue weighted by atomic mass is 9.63. The zero-order chi connectivity index (χ0) is 31.0. The molecule has 44 heavy (non-hydrogen) atoms. The number of nitriles is 1. The van der Waals surface area contributed by atoms with Gasteiger partial charge in [0.1, 0.15) is 22.7 Å². The van der Waals surface area contributed by atoms with Crippen LogP contribution in [0.25, 0.3) is 11.5 Å². The molecular weight excluding hydrogens is 572 g/mol. The zero-order valence-electron chi connectivity index (χ0n) is 26.6. The lowest BCUT2D eigenvalue weighted by molar-refractivity contribution is 0.0884. The van der Waals surface area contributed by atoms with Crippen LogP contribution < -0.4 is 15.5 Å². The summed E-state index contributed by atoms with van der Waals surface area (Å²) in [7, 11) is 4.23. The monoisotopic (exact) mass is 616 g/mol. The predicted molar refractivity (Wildman–Crippen MR) is 173 cm³/mol. The third kappa shape index (κ3) is 4.60. The fourth-order valence-corrected chi connectivity index (χ4v) is 9.86. The number of nitrogens with two attached hydrogens (primary N) is 1. The van der Waals surface area contributed by atoms with Crippen LogP contribution in [-0.4, -0.2) is 76.5 Å². The van der Waals surface area contributed by atoms with E-state index in [1.165, 1.54) is 17.7 Å². The highest BCUT2D eigenvalue weighted by atomic mass is 32.1. The molecule has 2 aliphatic heterocycles. The summed E-state index contributed by atoms with van der Waals surface area (Å²) in [5.41, 5.74) is 9.66. The van der Waals surface area contributed by atoms with Crippen LogP contribution in [0.1, 0.15) is 92.2 Å². The minimum absolute atomic E-state index is 0.308. The van der Waals surface area contributed by atoms with Crippen molar-refractivity contribution in [3.63, 3.8) is 0 Å². The second-order valence-corrected chi connectivity index (χ2v) is 15.2. The fourth-order valence-electron chi connectivity index (χ4n) is 8.70. The molecule has 3 aromatic rings. The van der Waals surface area contributed by atoms with Crippen LogP contribution >= 0.6 is 11.3 Å². The molecule has 0 saturated carbocycles. The quantitative estimate of drug-likeness (QED) is 0.403. The third-order valence-electron chi connectivity index (χ3n) is 10.5. The molecule has 7 rings (SSSR count). The molecule has 1 fully saturated rings. The molecule has 1 unspecified atom stereocenters. The molecule has 11 heteroatoms. The Morgan fingerprint density at radius 3 is 2.66 bits per heavy atom. The number of likely N-dealkylation sites (tertiary alicyclic amines) is 1. The van der Waals surface area contributed by atoms with E-state index in [-0.39, 0.29) is 0 Å². The van der Waals surface area contributed by atoms with Crippen LogP contribution in [0.5, 0.6) is 0 Å². The van der Waals surface area contributed by atoms with Crippen molar-refractivity contribution in [3.05, 3.63) is 32.9 Å². The van der Waals surface area contributed by atoms with E-state index in [0.29, 0.717) is 40.7 Å². The van der Waals surface area contributed by atoms with Crippen molar-refractivity contribution in [2.24, 2.45) is 0 Å². The number of rotatable bonds is 6. The minimum Gasteiger partial charge on any atom is -0.389 e. The number of hydrogen-bond donors (Lipinski definition) is 2. The number of likely N-dealkylation sites (N-methyl/N-ethyl adjacent to an activating group) is 2. The Morgan fingerprint density at radius 2 is 1.95 bits per heavy atom. The van der Waals surface area contributed by atoms with Gasteiger partial charge in [-0.05, 0) is 97.7 Å². The fraction of sp³-hybridized carbons (Fsp3) is 0.636. The number of aryl methyl sites for hydroxylation is 1. The van der Waals surface area contributed by atoms with Crippen LogP contribution in [-0.2, 0) is 24.7 Å². The molecule has 0 aromatic carbocycles. The number of aliphatic hydroxyl groups is 1. The second kappa shape index (κ2) is 10.7. The van der Waals surface area contributed by atoms with Gasteiger partial charge < -0.3 is 30.1 Å². The standard InChI is InChI=1S/C33H44N8O2S/c1-19(23-10-8-15-39(23)4)41-16-12-21-30(40(5)18-32(2,3)42)36-29(37-31(21)41)26-20-9-6-13-33(27(20)43-38-26)14-7-11-24-25(33)22(17-34)28(35)44-24/h19,23,42H,6-16,18,35H2,1-5H3/t19?,23-,33-/m0/s1. The number of thiophene rings is 1. The van der Waals surface area contributed by atoms with Gasteiger partial charge in [0.15, 0.2) is 17.3 Å². The van der Waals surface area contributed by atoms with Crippen molar-refractivity contribution in [1.82, 2.24) is 20.0 Å². The van der Waals surface area contributed by atoms with Crippen molar-refractivity contribution < 1.29 is 9.63 Å². The Bertz CT molecular complexity index is 1630. The van der Waals surface area contributed by atoms with Crippen molar-refractivity contribution in [3.8, 4) is 17.6 Å². The van der Waals surface area contributed by atoms with Crippen LogP contribution in [0.4, 0.5) is 16.6 Å². The number of anilines is 3. The van der Waals surface area contributed by atoms with Crippen LogP contribution in [0.2, 0.25) is 0 Å². The summed E-state index contributed by atoms with van der Waals surface area (Å²) in [5.74, 6) is 3.26. The first kappa shape index (κ1) is 29.5. The highest BCUT2D eigenvalue weighted by molar-refractivity contribution is 7.16. The van der Waals surface area contributed by atoms with E-state index in [0.717, 1.165) is 92.1 Å². The largest absolute Gasteiger partial charge is 0.389 e. The summed E-state index contributed by atoms with van der Waals surface area (Å²) in [5, 5.41) is 26.1. The highest BCUT2D eigenvalue weighted by Gasteiger charge is 2.49. The Hall–Kier alpha value is -3.20. The van der Waals surface area contributed by atoms with Gasteiger partial charge in [0.05, 0.1) is 16.6 Å². The van der Waals surface area contributed by atoms with Gasteiger partial charge in [0.2, 0.25) is 0 Å². The van der Waals surface area contributed by atoms with Crippen molar-refractivity contribution in [1.29, 1.82) is 5.26 Å². The van der Waals surface area contributed by atoms with Crippen molar-refractivity contribution in [2.75, 3.05) is 49.3 Å². The summed E-state index contributed by atoms with van der Waals surface area (Å²) in [6.07, 6.45) is 8.86. The molecule has 234 valence electrons. The number of aromatic nitrogens is 3. The van der Waals surface area contributed by atoms with E-state index in [9.17, 15) is 10.4 Å². The second-order valence-electron chi connectivity index (χ2n) is 14.1. The smallest absolute Gasteiger partial charge is 0.186 e.